The third-order valence-corrected chi connectivity index (χ3v) is 3.52. The lowest BCUT2D eigenvalue weighted by Crippen LogP contribution is -2.17. The molecule has 0 aromatic carbocycles. The van der Waals surface area contributed by atoms with Gasteiger partial charge >= 0.3 is 0 Å². The molecule has 2 heteroatoms. The van der Waals surface area contributed by atoms with Gasteiger partial charge in [-0.1, -0.05) is 34.3 Å². The van der Waals surface area contributed by atoms with E-state index in [-0.39, 0.29) is 0 Å². The number of nitrogens with zero attached hydrogens (tertiary/aromatic N) is 1. The first-order valence-electron chi connectivity index (χ1n) is 4.97. The summed E-state index contributed by atoms with van der Waals surface area (Å²) in [5.74, 6) is 2.07. The lowest BCUT2D eigenvalue weighted by molar-refractivity contribution is 0.370. The van der Waals surface area contributed by atoms with Crippen molar-refractivity contribution in [3.63, 3.8) is 0 Å². The zero-order valence-electron chi connectivity index (χ0n) is 9.26. The van der Waals surface area contributed by atoms with Gasteiger partial charge in [0.15, 0.2) is 0 Å². The Morgan fingerprint density at radius 2 is 2.15 bits per heavy atom. The Morgan fingerprint density at radius 3 is 2.54 bits per heavy atom. The summed E-state index contributed by atoms with van der Waals surface area (Å²) >= 11 is 1.93. The normalized spacial score (nSPS) is 23.7. The summed E-state index contributed by atoms with van der Waals surface area (Å²) < 4.78 is 2.37. The van der Waals surface area contributed by atoms with E-state index in [1.165, 1.54) is 18.0 Å². The fourth-order valence-electron chi connectivity index (χ4n) is 1.53. The molecule has 0 aliphatic carbocycles. The van der Waals surface area contributed by atoms with Crippen molar-refractivity contribution in [2.45, 2.75) is 34.1 Å². The quantitative estimate of drug-likeness (QED) is 0.626. The average molecular weight is 199 g/mol. The van der Waals surface area contributed by atoms with Crippen LogP contribution in [0.25, 0.3) is 0 Å². The van der Waals surface area contributed by atoms with Crippen LogP contribution in [0.3, 0.4) is 0 Å². The van der Waals surface area contributed by atoms with E-state index in [0.717, 1.165) is 12.3 Å². The highest BCUT2D eigenvalue weighted by Crippen LogP contribution is 2.33. The molecule has 1 aliphatic rings. The van der Waals surface area contributed by atoms with Crippen LogP contribution in [0.15, 0.2) is 12.3 Å². The second-order valence-corrected chi connectivity index (χ2v) is 6.30. The Labute approximate surface area is 86.7 Å². The maximum atomic E-state index is 4.16. The van der Waals surface area contributed by atoms with Gasteiger partial charge in [0.05, 0.1) is 0 Å². The molecule has 0 spiro atoms. The van der Waals surface area contributed by atoms with Gasteiger partial charge in [0.1, 0.15) is 0 Å². The first-order chi connectivity index (χ1) is 5.88. The lowest BCUT2D eigenvalue weighted by atomic mass is 9.91. The van der Waals surface area contributed by atoms with Crippen LogP contribution in [0.2, 0.25) is 0 Å². The molecule has 13 heavy (non-hydrogen) atoms. The fraction of sp³-hybridized carbons (Fsp3) is 0.818. The van der Waals surface area contributed by atoms with E-state index in [1.807, 2.05) is 11.9 Å². The molecule has 1 nitrogen and oxygen atoms in total. The second kappa shape index (κ2) is 3.95. The van der Waals surface area contributed by atoms with Crippen LogP contribution < -0.4 is 0 Å². The molecule has 76 valence electrons. The predicted octanol–water partition coefficient (Wildman–Crippen LogP) is 3.54. The molecule has 0 radical (unpaired) electrons. The molecule has 0 N–H and O–H groups in total. The molecule has 1 atom stereocenters. The Balaban J connectivity index is 2.41. The van der Waals surface area contributed by atoms with Crippen LogP contribution in [-0.4, -0.2) is 16.6 Å². The maximum Gasteiger partial charge on any atom is 0.0326 e. The van der Waals surface area contributed by atoms with Gasteiger partial charge in [-0.15, -0.1) is 0 Å². The van der Waals surface area contributed by atoms with Crippen molar-refractivity contribution < 1.29 is 0 Å². The van der Waals surface area contributed by atoms with E-state index < -0.39 is 0 Å². The minimum absolute atomic E-state index is 0.365. The van der Waals surface area contributed by atoms with E-state index in [0.29, 0.717) is 5.41 Å². The highest BCUT2D eigenvalue weighted by molar-refractivity contribution is 7.97. The molecular weight excluding hydrogens is 178 g/mol. The summed E-state index contributed by atoms with van der Waals surface area (Å²) in [5.41, 5.74) is 1.66. The molecule has 0 aromatic rings. The minimum Gasteiger partial charge on any atom is -0.320 e. The number of rotatable bonds is 2. The van der Waals surface area contributed by atoms with E-state index in [2.05, 4.69) is 38.6 Å². The third kappa shape index (κ3) is 3.63. The number of hydrogen-bond donors (Lipinski definition) is 0. The van der Waals surface area contributed by atoms with Gasteiger partial charge in [-0.2, -0.15) is 0 Å². The molecule has 1 unspecified atom stereocenters. The van der Waals surface area contributed by atoms with Gasteiger partial charge in [-0.3, -0.25) is 0 Å². The molecule has 1 rings (SSSR count). The van der Waals surface area contributed by atoms with Gasteiger partial charge in [0.2, 0.25) is 0 Å². The molecule has 1 fully saturated rings. The second-order valence-electron chi connectivity index (χ2n) is 5.27. The van der Waals surface area contributed by atoms with Crippen molar-refractivity contribution in [1.29, 1.82) is 0 Å². The number of hydrogen-bond acceptors (Lipinski definition) is 2. The summed E-state index contributed by atoms with van der Waals surface area (Å²) in [4.78, 5) is 0. The topological polar surface area (TPSA) is 3.24 Å². The standard InChI is InChI=1S/C11H21NS/c1-9-7-12(13-8-9)10(2)6-11(3,4)5/h9H,2,6-8H2,1,3-5H3. The highest BCUT2D eigenvalue weighted by Gasteiger charge is 2.23. The van der Waals surface area contributed by atoms with Gasteiger partial charge in [-0.05, 0) is 29.7 Å². The van der Waals surface area contributed by atoms with Crippen molar-refractivity contribution in [2.75, 3.05) is 12.3 Å². The van der Waals surface area contributed by atoms with Crippen LogP contribution in [0, 0.1) is 11.3 Å². The Morgan fingerprint density at radius 1 is 1.54 bits per heavy atom. The largest absolute Gasteiger partial charge is 0.320 e. The summed E-state index contributed by atoms with van der Waals surface area (Å²) in [6.07, 6.45) is 1.10. The average Bonchev–Trinajstić information content (AvgIpc) is 2.31. The van der Waals surface area contributed by atoms with Crippen LogP contribution >= 0.6 is 11.9 Å². The van der Waals surface area contributed by atoms with Gasteiger partial charge in [0, 0.05) is 18.0 Å². The van der Waals surface area contributed by atoms with E-state index in [4.69, 9.17) is 0 Å². The molecule has 1 aliphatic heterocycles. The van der Waals surface area contributed by atoms with E-state index >= 15 is 0 Å². The molecular formula is C11H21NS. The molecule has 0 amide bonds. The first kappa shape index (κ1) is 11.0. The van der Waals surface area contributed by atoms with Crippen molar-refractivity contribution >= 4 is 11.9 Å². The Kier molecular flexibility index (Phi) is 3.33. The van der Waals surface area contributed by atoms with Crippen LogP contribution in [-0.2, 0) is 0 Å². The van der Waals surface area contributed by atoms with Gasteiger partial charge in [-0.25, -0.2) is 0 Å². The fourth-order valence-corrected chi connectivity index (χ4v) is 2.67. The van der Waals surface area contributed by atoms with Crippen LogP contribution in [0.4, 0.5) is 0 Å². The van der Waals surface area contributed by atoms with E-state index in [9.17, 15) is 0 Å². The molecule has 0 saturated carbocycles. The minimum atomic E-state index is 0.365. The summed E-state index contributed by atoms with van der Waals surface area (Å²) in [7, 11) is 0. The number of allylic oxidation sites excluding steroid dienone is 1. The van der Waals surface area contributed by atoms with Crippen LogP contribution in [0.5, 0.6) is 0 Å². The molecule has 0 aromatic heterocycles. The zero-order chi connectivity index (χ0) is 10.1. The summed E-state index contributed by atoms with van der Waals surface area (Å²) in [6.45, 7) is 14.4. The van der Waals surface area contributed by atoms with E-state index in [1.54, 1.807) is 0 Å². The van der Waals surface area contributed by atoms with Crippen molar-refractivity contribution in [3.8, 4) is 0 Å². The van der Waals surface area contributed by atoms with Crippen LogP contribution in [0.1, 0.15) is 34.1 Å². The van der Waals surface area contributed by atoms with Crippen molar-refractivity contribution in [1.82, 2.24) is 4.31 Å². The van der Waals surface area contributed by atoms with Gasteiger partial charge < -0.3 is 4.31 Å². The third-order valence-electron chi connectivity index (χ3n) is 2.08. The highest BCUT2D eigenvalue weighted by atomic mass is 32.2. The molecule has 1 saturated heterocycles. The lowest BCUT2D eigenvalue weighted by Gasteiger charge is -2.26. The Bertz CT molecular complexity index is 193. The smallest absolute Gasteiger partial charge is 0.0326 e. The monoisotopic (exact) mass is 199 g/mol. The predicted molar refractivity (Wildman–Crippen MR) is 61.5 cm³/mol. The summed E-state index contributed by atoms with van der Waals surface area (Å²) in [5, 5.41) is 0. The molecule has 0 bridgehead atoms. The Hall–Kier alpha value is -0.110. The van der Waals surface area contributed by atoms with Gasteiger partial charge in [0.25, 0.3) is 0 Å². The zero-order valence-corrected chi connectivity index (χ0v) is 10.1. The SMILES string of the molecule is C=C(CC(C)(C)C)N1CC(C)CS1. The first-order valence-corrected chi connectivity index (χ1v) is 5.91. The van der Waals surface area contributed by atoms with Crippen molar-refractivity contribution in [3.05, 3.63) is 12.3 Å². The maximum absolute atomic E-state index is 4.16. The summed E-state index contributed by atoms with van der Waals surface area (Å²) in [6, 6.07) is 0. The molecule has 1 heterocycles. The van der Waals surface area contributed by atoms with Crippen molar-refractivity contribution in [2.24, 2.45) is 11.3 Å².